The summed E-state index contributed by atoms with van der Waals surface area (Å²) >= 11 is 0. The third-order valence-corrected chi connectivity index (χ3v) is 3.06. The summed E-state index contributed by atoms with van der Waals surface area (Å²) in [6, 6.07) is 6.42. The molecule has 0 radical (unpaired) electrons. The normalized spacial score (nSPS) is 11.1. The van der Waals surface area contributed by atoms with Crippen LogP contribution in [0, 0.1) is 11.6 Å². The lowest BCUT2D eigenvalue weighted by Gasteiger charge is -2.10. The van der Waals surface area contributed by atoms with E-state index in [1.54, 1.807) is 0 Å². The molecule has 0 heterocycles. The van der Waals surface area contributed by atoms with Gasteiger partial charge in [-0.2, -0.15) is 13.2 Å². The van der Waals surface area contributed by atoms with Gasteiger partial charge in [0, 0.05) is 11.3 Å². The molecule has 0 saturated carbocycles. The molecule has 0 fully saturated rings. The van der Waals surface area contributed by atoms with Crippen molar-refractivity contribution in [2.24, 2.45) is 0 Å². The molecular weight excluding hydrogens is 347 g/mol. The predicted octanol–water partition coefficient (Wildman–Crippen LogP) is 3.35. The van der Waals surface area contributed by atoms with Gasteiger partial charge in [-0.25, -0.2) is 8.78 Å². The van der Waals surface area contributed by atoms with Crippen molar-refractivity contribution in [3.8, 4) is 0 Å². The first-order valence-corrected chi connectivity index (χ1v) is 6.87. The van der Waals surface area contributed by atoms with Crippen LogP contribution in [-0.4, -0.2) is 18.4 Å². The number of hydrogen-bond donors (Lipinski definition) is 2. The number of carbonyl (C=O) groups is 2. The van der Waals surface area contributed by atoms with Crippen molar-refractivity contribution in [3.05, 3.63) is 65.2 Å². The van der Waals surface area contributed by atoms with Crippen LogP contribution in [0.3, 0.4) is 0 Å². The lowest BCUT2D eigenvalue weighted by Crippen LogP contribution is -2.33. The van der Waals surface area contributed by atoms with E-state index in [2.05, 4.69) is 10.6 Å². The molecule has 0 bridgehead atoms. The van der Waals surface area contributed by atoms with Gasteiger partial charge in [0.15, 0.2) is 11.6 Å². The fraction of sp³-hybridized carbons (Fsp3) is 0.125. The fourth-order valence-electron chi connectivity index (χ4n) is 1.88. The molecule has 0 aliphatic rings. The number of rotatable bonds is 4. The van der Waals surface area contributed by atoms with Crippen LogP contribution in [0.1, 0.15) is 15.9 Å². The van der Waals surface area contributed by atoms with E-state index >= 15 is 0 Å². The molecule has 2 N–H and O–H groups in total. The summed E-state index contributed by atoms with van der Waals surface area (Å²) in [7, 11) is 0. The van der Waals surface area contributed by atoms with Gasteiger partial charge in [0.25, 0.3) is 5.91 Å². The zero-order chi connectivity index (χ0) is 18.6. The van der Waals surface area contributed by atoms with Gasteiger partial charge in [-0.15, -0.1) is 0 Å². The summed E-state index contributed by atoms with van der Waals surface area (Å²) in [5.41, 5.74) is -1.23. The van der Waals surface area contributed by atoms with Crippen molar-refractivity contribution < 1.29 is 31.5 Å². The van der Waals surface area contributed by atoms with Gasteiger partial charge in [-0.1, -0.05) is 6.07 Å². The van der Waals surface area contributed by atoms with E-state index in [0.29, 0.717) is 6.07 Å². The van der Waals surface area contributed by atoms with E-state index < -0.39 is 41.7 Å². The number of anilines is 1. The minimum absolute atomic E-state index is 0.0955. The van der Waals surface area contributed by atoms with Crippen LogP contribution in [0.4, 0.5) is 27.6 Å². The summed E-state index contributed by atoms with van der Waals surface area (Å²) in [6.45, 7) is -0.561. The van der Waals surface area contributed by atoms with Crippen molar-refractivity contribution in [2.75, 3.05) is 11.9 Å². The molecule has 9 heteroatoms. The Hall–Kier alpha value is -2.97. The number of nitrogens with one attached hydrogen (secondary N) is 2. The molecule has 0 saturated heterocycles. The molecular formula is C16H11F5N2O2. The van der Waals surface area contributed by atoms with Gasteiger partial charge in [0.1, 0.15) is 0 Å². The second-order valence-corrected chi connectivity index (χ2v) is 4.94. The predicted molar refractivity (Wildman–Crippen MR) is 78.8 cm³/mol. The zero-order valence-corrected chi connectivity index (χ0v) is 12.5. The molecule has 0 atom stereocenters. The summed E-state index contributed by atoms with van der Waals surface area (Å²) in [5.74, 6) is -3.96. The van der Waals surface area contributed by atoms with Crippen LogP contribution in [0.2, 0.25) is 0 Å². The first kappa shape index (κ1) is 18.4. The average Bonchev–Trinajstić information content (AvgIpc) is 2.54. The Morgan fingerprint density at radius 2 is 1.68 bits per heavy atom. The highest BCUT2D eigenvalue weighted by Gasteiger charge is 2.30. The van der Waals surface area contributed by atoms with E-state index in [1.165, 1.54) is 6.07 Å². The molecule has 25 heavy (non-hydrogen) atoms. The molecule has 0 unspecified atom stereocenters. The Balaban J connectivity index is 1.94. The Morgan fingerprint density at radius 1 is 0.960 bits per heavy atom. The SMILES string of the molecule is O=C(CNC(=O)c1ccc(F)c(F)c1)Nc1cccc(C(F)(F)F)c1. The van der Waals surface area contributed by atoms with Crippen LogP contribution >= 0.6 is 0 Å². The molecule has 132 valence electrons. The molecule has 0 aliphatic carbocycles. The average molecular weight is 358 g/mol. The largest absolute Gasteiger partial charge is 0.416 e. The third-order valence-electron chi connectivity index (χ3n) is 3.06. The number of halogens is 5. The lowest BCUT2D eigenvalue weighted by molar-refractivity contribution is -0.137. The summed E-state index contributed by atoms with van der Waals surface area (Å²) in [5, 5.41) is 4.34. The molecule has 4 nitrogen and oxygen atoms in total. The third kappa shape index (κ3) is 5.00. The van der Waals surface area contributed by atoms with Crippen LogP contribution < -0.4 is 10.6 Å². The molecule has 0 aromatic heterocycles. The molecule has 2 amide bonds. The van der Waals surface area contributed by atoms with E-state index in [1.807, 2.05) is 0 Å². The quantitative estimate of drug-likeness (QED) is 0.824. The maximum Gasteiger partial charge on any atom is 0.416 e. The maximum absolute atomic E-state index is 13.0. The molecule has 2 rings (SSSR count). The van der Waals surface area contributed by atoms with E-state index in [9.17, 15) is 31.5 Å². The zero-order valence-electron chi connectivity index (χ0n) is 12.5. The molecule has 2 aromatic rings. The topological polar surface area (TPSA) is 58.2 Å². The second kappa shape index (κ2) is 7.29. The van der Waals surface area contributed by atoms with Gasteiger partial charge in [-0.3, -0.25) is 9.59 Å². The van der Waals surface area contributed by atoms with Crippen molar-refractivity contribution >= 4 is 17.5 Å². The van der Waals surface area contributed by atoms with Crippen molar-refractivity contribution in [3.63, 3.8) is 0 Å². The van der Waals surface area contributed by atoms with Crippen LogP contribution in [0.5, 0.6) is 0 Å². The number of carbonyl (C=O) groups excluding carboxylic acids is 2. The first-order chi connectivity index (χ1) is 11.7. The highest BCUT2D eigenvalue weighted by atomic mass is 19.4. The van der Waals surface area contributed by atoms with Crippen LogP contribution in [-0.2, 0) is 11.0 Å². The fourth-order valence-corrected chi connectivity index (χ4v) is 1.88. The van der Waals surface area contributed by atoms with Crippen molar-refractivity contribution in [1.82, 2.24) is 5.32 Å². The maximum atomic E-state index is 13.0. The summed E-state index contributed by atoms with van der Waals surface area (Å²) < 4.78 is 63.6. The van der Waals surface area contributed by atoms with Gasteiger partial charge < -0.3 is 10.6 Å². The Labute approximate surface area is 138 Å². The van der Waals surface area contributed by atoms with Gasteiger partial charge in [-0.05, 0) is 36.4 Å². The molecule has 0 spiro atoms. The van der Waals surface area contributed by atoms with Gasteiger partial charge in [0.2, 0.25) is 5.91 Å². The number of amides is 2. The minimum atomic E-state index is -4.55. The van der Waals surface area contributed by atoms with Gasteiger partial charge in [0.05, 0.1) is 12.1 Å². The number of benzene rings is 2. The number of alkyl halides is 3. The highest BCUT2D eigenvalue weighted by Crippen LogP contribution is 2.30. The van der Waals surface area contributed by atoms with Crippen LogP contribution in [0.15, 0.2) is 42.5 Å². The van der Waals surface area contributed by atoms with E-state index in [-0.39, 0.29) is 11.3 Å². The summed E-state index contributed by atoms with van der Waals surface area (Å²) in [4.78, 5) is 23.4. The van der Waals surface area contributed by atoms with E-state index in [4.69, 9.17) is 0 Å². The smallest absolute Gasteiger partial charge is 0.343 e. The lowest BCUT2D eigenvalue weighted by atomic mass is 10.2. The second-order valence-electron chi connectivity index (χ2n) is 4.94. The highest BCUT2D eigenvalue weighted by molar-refractivity contribution is 5.99. The standard InChI is InChI=1S/C16H11F5N2O2/c17-12-5-4-9(6-13(12)18)15(25)22-8-14(24)23-11-3-1-2-10(7-11)16(19,20)21/h1-7H,8H2,(H,22,25)(H,23,24). The van der Waals surface area contributed by atoms with Crippen molar-refractivity contribution in [1.29, 1.82) is 0 Å². The first-order valence-electron chi connectivity index (χ1n) is 6.87. The molecule has 0 aliphatic heterocycles. The van der Waals surface area contributed by atoms with Gasteiger partial charge >= 0.3 is 6.18 Å². The Kier molecular flexibility index (Phi) is 5.35. The summed E-state index contributed by atoms with van der Waals surface area (Å²) in [6.07, 6.45) is -4.55. The van der Waals surface area contributed by atoms with Crippen molar-refractivity contribution in [2.45, 2.75) is 6.18 Å². The molecule has 2 aromatic carbocycles. The monoisotopic (exact) mass is 358 g/mol. The Morgan fingerprint density at radius 3 is 2.32 bits per heavy atom. The van der Waals surface area contributed by atoms with Crippen LogP contribution in [0.25, 0.3) is 0 Å². The van der Waals surface area contributed by atoms with E-state index in [0.717, 1.165) is 30.3 Å². The Bertz CT molecular complexity index is 805. The number of hydrogen-bond acceptors (Lipinski definition) is 2. The minimum Gasteiger partial charge on any atom is -0.343 e.